The molecule has 124 valence electrons. The lowest BCUT2D eigenvalue weighted by Crippen LogP contribution is -2.46. The molecular weight excluding hydrogens is 324 g/mol. The molecule has 0 radical (unpaired) electrons. The summed E-state index contributed by atoms with van der Waals surface area (Å²) >= 11 is 1.57. The highest BCUT2D eigenvalue weighted by Crippen LogP contribution is 2.27. The van der Waals surface area contributed by atoms with Crippen molar-refractivity contribution in [1.82, 2.24) is 19.8 Å². The van der Waals surface area contributed by atoms with Gasteiger partial charge in [-0.2, -0.15) is 5.10 Å². The molecule has 7 heteroatoms. The zero-order valence-corrected chi connectivity index (χ0v) is 14.0. The van der Waals surface area contributed by atoms with Crippen molar-refractivity contribution in [3.8, 4) is 10.6 Å². The van der Waals surface area contributed by atoms with Crippen molar-refractivity contribution in [3.05, 3.63) is 47.7 Å². The van der Waals surface area contributed by atoms with Gasteiger partial charge in [-0.25, -0.2) is 0 Å². The lowest BCUT2D eigenvalue weighted by atomic mass is 10.0. The molecule has 1 amide bonds. The van der Waals surface area contributed by atoms with E-state index in [0.717, 1.165) is 30.7 Å². The van der Waals surface area contributed by atoms with Gasteiger partial charge in [0, 0.05) is 25.0 Å². The van der Waals surface area contributed by atoms with Gasteiger partial charge in [0.25, 0.3) is 5.91 Å². The molecule has 0 bridgehead atoms. The van der Waals surface area contributed by atoms with Crippen LogP contribution in [0.5, 0.6) is 0 Å². The Morgan fingerprint density at radius 3 is 3.12 bits per heavy atom. The largest absolute Gasteiger partial charge is 0.355 e. The van der Waals surface area contributed by atoms with E-state index in [0.29, 0.717) is 18.0 Å². The average molecular weight is 342 g/mol. The number of piperidine rings is 1. The number of carbonyl (C=O) groups excluding carboxylic acids is 1. The van der Waals surface area contributed by atoms with Gasteiger partial charge in [0.1, 0.15) is 0 Å². The number of hydrogen-bond acceptors (Lipinski definition) is 5. The number of thiophene rings is 1. The molecule has 1 saturated heterocycles. The number of hydrogen-bond donors (Lipinski definition) is 0. The van der Waals surface area contributed by atoms with Gasteiger partial charge < -0.3 is 9.42 Å². The minimum Gasteiger partial charge on any atom is -0.355 e. The van der Waals surface area contributed by atoms with Crippen LogP contribution < -0.4 is 0 Å². The highest BCUT2D eigenvalue weighted by atomic mass is 32.1. The lowest BCUT2D eigenvalue weighted by Gasteiger charge is -2.35. The zero-order chi connectivity index (χ0) is 16.4. The van der Waals surface area contributed by atoms with Gasteiger partial charge in [-0.05, 0) is 36.8 Å². The summed E-state index contributed by atoms with van der Waals surface area (Å²) in [4.78, 5) is 15.8. The van der Waals surface area contributed by atoms with Crippen LogP contribution >= 0.6 is 11.3 Å². The normalized spacial score (nSPS) is 18.0. The summed E-state index contributed by atoms with van der Waals surface area (Å²) in [7, 11) is 0. The number of amides is 1. The molecule has 3 aromatic heterocycles. The van der Waals surface area contributed by atoms with E-state index in [1.807, 2.05) is 39.4 Å². The van der Waals surface area contributed by atoms with E-state index in [2.05, 4.69) is 10.3 Å². The number of rotatable bonds is 4. The topological polar surface area (TPSA) is 64.2 Å². The molecule has 0 unspecified atom stereocenters. The Kier molecular flexibility index (Phi) is 4.17. The van der Waals surface area contributed by atoms with Gasteiger partial charge in [-0.3, -0.25) is 9.48 Å². The monoisotopic (exact) mass is 342 g/mol. The summed E-state index contributed by atoms with van der Waals surface area (Å²) in [6, 6.07) is 7.71. The van der Waals surface area contributed by atoms with Crippen molar-refractivity contribution in [2.45, 2.75) is 31.8 Å². The Labute approximate surface area is 143 Å². The Bertz CT molecular complexity index is 795. The molecule has 6 nitrogen and oxygen atoms in total. The first-order chi connectivity index (χ1) is 11.8. The number of likely N-dealkylation sites (tertiary alicyclic amines) is 1. The van der Waals surface area contributed by atoms with E-state index in [1.165, 1.54) is 0 Å². The van der Waals surface area contributed by atoms with Crippen LogP contribution in [0.4, 0.5) is 0 Å². The molecule has 1 aliphatic heterocycles. The third-order valence-corrected chi connectivity index (χ3v) is 5.22. The Hall–Kier alpha value is -2.41. The number of nitrogens with zero attached hydrogens (tertiary/aromatic N) is 4. The standard InChI is InChI=1S/C17H18N4O2S/c22-17(14-11-15(23-19-14)16-6-3-10-24-16)21-9-2-1-5-13(21)12-20-8-4-7-18-20/h3-4,6-8,10-11,13H,1-2,5,9,12H2/t13-/m1/s1. The molecule has 0 spiro atoms. The molecule has 4 heterocycles. The van der Waals surface area contributed by atoms with Crippen molar-refractivity contribution in [2.75, 3.05) is 6.54 Å². The fourth-order valence-electron chi connectivity index (χ4n) is 3.14. The summed E-state index contributed by atoms with van der Waals surface area (Å²) in [5, 5.41) is 10.2. The van der Waals surface area contributed by atoms with Crippen LogP contribution in [0.15, 0.2) is 46.6 Å². The first-order valence-electron chi connectivity index (χ1n) is 8.10. The van der Waals surface area contributed by atoms with Crippen LogP contribution in [0, 0.1) is 0 Å². The fourth-order valence-corrected chi connectivity index (χ4v) is 3.81. The van der Waals surface area contributed by atoms with Crippen molar-refractivity contribution in [3.63, 3.8) is 0 Å². The van der Waals surface area contributed by atoms with E-state index in [9.17, 15) is 4.79 Å². The van der Waals surface area contributed by atoms with Gasteiger partial charge in [0.15, 0.2) is 11.5 Å². The molecular formula is C17H18N4O2S. The van der Waals surface area contributed by atoms with Crippen molar-refractivity contribution in [2.24, 2.45) is 0 Å². The molecule has 24 heavy (non-hydrogen) atoms. The molecule has 0 N–H and O–H groups in total. The minimum atomic E-state index is -0.0570. The quantitative estimate of drug-likeness (QED) is 0.730. The lowest BCUT2D eigenvalue weighted by molar-refractivity contribution is 0.0573. The van der Waals surface area contributed by atoms with Gasteiger partial charge >= 0.3 is 0 Å². The maximum Gasteiger partial charge on any atom is 0.276 e. The second-order valence-electron chi connectivity index (χ2n) is 5.93. The Balaban J connectivity index is 1.53. The van der Waals surface area contributed by atoms with Crippen molar-refractivity contribution >= 4 is 17.2 Å². The molecule has 0 aromatic carbocycles. The smallest absolute Gasteiger partial charge is 0.276 e. The summed E-state index contributed by atoms with van der Waals surface area (Å²) in [6.45, 7) is 1.47. The van der Waals surface area contributed by atoms with Gasteiger partial charge in [-0.1, -0.05) is 11.2 Å². The molecule has 1 fully saturated rings. The minimum absolute atomic E-state index is 0.0570. The predicted octanol–water partition coefficient (Wildman–Crippen LogP) is 3.29. The first kappa shape index (κ1) is 15.1. The highest BCUT2D eigenvalue weighted by molar-refractivity contribution is 7.13. The SMILES string of the molecule is O=C(c1cc(-c2cccs2)on1)N1CCCC[C@@H]1Cn1cccn1. The third kappa shape index (κ3) is 2.99. The molecule has 3 aromatic rings. The average Bonchev–Trinajstić information content (AvgIpc) is 3.35. The molecule has 4 rings (SSSR count). The summed E-state index contributed by atoms with van der Waals surface area (Å²) in [6.07, 6.45) is 6.84. The Morgan fingerprint density at radius 1 is 1.38 bits per heavy atom. The second kappa shape index (κ2) is 6.60. The summed E-state index contributed by atoms with van der Waals surface area (Å²) in [5.74, 6) is 0.590. The number of carbonyl (C=O) groups is 1. The summed E-state index contributed by atoms with van der Waals surface area (Å²) in [5.41, 5.74) is 0.380. The van der Waals surface area contributed by atoms with Gasteiger partial charge in [0.05, 0.1) is 17.5 Å². The molecule has 1 atom stereocenters. The van der Waals surface area contributed by atoms with Crippen LogP contribution in [0.25, 0.3) is 10.6 Å². The predicted molar refractivity (Wildman–Crippen MR) is 90.7 cm³/mol. The van der Waals surface area contributed by atoms with Crippen LogP contribution in [0.2, 0.25) is 0 Å². The van der Waals surface area contributed by atoms with Crippen LogP contribution in [-0.4, -0.2) is 38.3 Å². The molecule has 0 saturated carbocycles. The maximum atomic E-state index is 12.9. The fraction of sp³-hybridized carbons (Fsp3) is 0.353. The first-order valence-corrected chi connectivity index (χ1v) is 8.98. The van der Waals surface area contributed by atoms with Crippen LogP contribution in [-0.2, 0) is 6.54 Å². The molecule has 1 aliphatic rings. The second-order valence-corrected chi connectivity index (χ2v) is 6.88. The van der Waals surface area contributed by atoms with Gasteiger partial charge in [0.2, 0.25) is 0 Å². The summed E-state index contributed by atoms with van der Waals surface area (Å²) < 4.78 is 7.24. The molecule has 0 aliphatic carbocycles. The van der Waals surface area contributed by atoms with E-state index in [1.54, 1.807) is 23.6 Å². The Morgan fingerprint density at radius 2 is 2.33 bits per heavy atom. The van der Waals surface area contributed by atoms with E-state index in [4.69, 9.17) is 4.52 Å². The van der Waals surface area contributed by atoms with Crippen molar-refractivity contribution < 1.29 is 9.32 Å². The van der Waals surface area contributed by atoms with Crippen LogP contribution in [0.1, 0.15) is 29.8 Å². The van der Waals surface area contributed by atoms with Crippen molar-refractivity contribution in [1.29, 1.82) is 0 Å². The number of aromatic nitrogens is 3. The van der Waals surface area contributed by atoms with Gasteiger partial charge in [-0.15, -0.1) is 11.3 Å². The highest BCUT2D eigenvalue weighted by Gasteiger charge is 2.29. The van der Waals surface area contributed by atoms with E-state index in [-0.39, 0.29) is 11.9 Å². The van der Waals surface area contributed by atoms with E-state index < -0.39 is 0 Å². The zero-order valence-electron chi connectivity index (χ0n) is 13.2. The van der Waals surface area contributed by atoms with E-state index >= 15 is 0 Å². The van der Waals surface area contributed by atoms with Crippen LogP contribution in [0.3, 0.4) is 0 Å². The maximum absolute atomic E-state index is 12.9. The third-order valence-electron chi connectivity index (χ3n) is 4.34.